The number of nitrogens with one attached hydrogen (secondary N) is 1. The SMILES string of the molecule is COc1ccc(CNC[C@@]2(O)CN(C(=O)c3ccccc3)CC[C@@H]2O)c(OC)c1. The molecule has 2 atom stereocenters. The Balaban J connectivity index is 1.64. The van der Waals surface area contributed by atoms with E-state index in [2.05, 4.69) is 5.32 Å². The third-order valence-corrected chi connectivity index (χ3v) is 5.31. The van der Waals surface area contributed by atoms with E-state index in [-0.39, 0.29) is 19.0 Å². The molecule has 29 heavy (non-hydrogen) atoms. The number of methoxy groups -OCH3 is 2. The summed E-state index contributed by atoms with van der Waals surface area (Å²) in [6, 6.07) is 14.5. The first-order valence-electron chi connectivity index (χ1n) is 9.63. The summed E-state index contributed by atoms with van der Waals surface area (Å²) in [4.78, 5) is 14.3. The molecule has 0 saturated carbocycles. The van der Waals surface area contributed by atoms with Crippen molar-refractivity contribution in [3.05, 3.63) is 59.7 Å². The van der Waals surface area contributed by atoms with E-state index in [0.29, 0.717) is 36.6 Å². The summed E-state index contributed by atoms with van der Waals surface area (Å²) in [5.41, 5.74) is 0.0455. The van der Waals surface area contributed by atoms with E-state index < -0.39 is 11.7 Å². The van der Waals surface area contributed by atoms with Gasteiger partial charge in [0.05, 0.1) is 26.9 Å². The maximum Gasteiger partial charge on any atom is 0.253 e. The van der Waals surface area contributed by atoms with Gasteiger partial charge in [0.2, 0.25) is 0 Å². The average molecular weight is 400 g/mol. The van der Waals surface area contributed by atoms with Crippen molar-refractivity contribution < 1.29 is 24.5 Å². The molecule has 2 aromatic carbocycles. The summed E-state index contributed by atoms with van der Waals surface area (Å²) in [6.07, 6.45) is -0.588. The number of hydrogen-bond acceptors (Lipinski definition) is 6. The minimum atomic E-state index is -1.43. The van der Waals surface area contributed by atoms with Crippen LogP contribution in [0.2, 0.25) is 0 Å². The quantitative estimate of drug-likeness (QED) is 0.651. The highest BCUT2D eigenvalue weighted by Gasteiger charge is 2.42. The number of amides is 1. The van der Waals surface area contributed by atoms with Crippen molar-refractivity contribution in [1.29, 1.82) is 0 Å². The molecule has 7 heteroatoms. The molecule has 3 N–H and O–H groups in total. The second-order valence-corrected chi connectivity index (χ2v) is 7.28. The molecule has 156 valence electrons. The monoisotopic (exact) mass is 400 g/mol. The minimum absolute atomic E-state index is 0.0641. The van der Waals surface area contributed by atoms with Crippen LogP contribution in [-0.2, 0) is 6.54 Å². The van der Waals surface area contributed by atoms with Gasteiger partial charge < -0.3 is 29.9 Å². The standard InChI is InChI=1S/C22H28N2O5/c1-28-18-9-8-17(19(12-18)29-2)13-23-14-22(27)15-24(11-10-20(22)25)21(26)16-6-4-3-5-7-16/h3-9,12,20,23,25,27H,10-11,13-15H2,1-2H3/t20-,22+/m0/s1. The number of hydrogen-bond donors (Lipinski definition) is 3. The van der Waals surface area contributed by atoms with E-state index in [0.717, 1.165) is 5.56 Å². The van der Waals surface area contributed by atoms with Crippen molar-refractivity contribution in [2.24, 2.45) is 0 Å². The Bertz CT molecular complexity index is 829. The maximum absolute atomic E-state index is 12.7. The van der Waals surface area contributed by atoms with Gasteiger partial charge in [-0.15, -0.1) is 0 Å². The number of piperidine rings is 1. The Kier molecular flexibility index (Phi) is 6.74. The molecule has 1 aliphatic rings. The zero-order chi connectivity index (χ0) is 20.9. The molecule has 1 fully saturated rings. The van der Waals surface area contributed by atoms with E-state index in [1.807, 2.05) is 30.3 Å². The first-order chi connectivity index (χ1) is 14.0. The molecule has 1 amide bonds. The smallest absolute Gasteiger partial charge is 0.253 e. The van der Waals surface area contributed by atoms with Gasteiger partial charge in [-0.3, -0.25) is 4.79 Å². The number of likely N-dealkylation sites (tertiary alicyclic amines) is 1. The summed E-state index contributed by atoms with van der Waals surface area (Å²) < 4.78 is 10.6. The lowest BCUT2D eigenvalue weighted by molar-refractivity contribution is -0.111. The van der Waals surface area contributed by atoms with Gasteiger partial charge in [-0.25, -0.2) is 0 Å². The molecule has 0 aromatic heterocycles. The Hall–Kier alpha value is -2.61. The summed E-state index contributed by atoms with van der Waals surface area (Å²) in [7, 11) is 3.18. The Morgan fingerprint density at radius 1 is 1.21 bits per heavy atom. The van der Waals surface area contributed by atoms with Gasteiger partial charge in [0.25, 0.3) is 5.91 Å². The third kappa shape index (κ3) is 4.87. The predicted molar refractivity (Wildman–Crippen MR) is 109 cm³/mol. The van der Waals surface area contributed by atoms with Crippen LogP contribution < -0.4 is 14.8 Å². The van der Waals surface area contributed by atoms with E-state index in [4.69, 9.17) is 9.47 Å². The Morgan fingerprint density at radius 3 is 2.66 bits per heavy atom. The summed E-state index contributed by atoms with van der Waals surface area (Å²) >= 11 is 0. The van der Waals surface area contributed by atoms with Gasteiger partial charge in [0.15, 0.2) is 0 Å². The lowest BCUT2D eigenvalue weighted by atomic mass is 9.89. The fourth-order valence-electron chi connectivity index (χ4n) is 3.58. The van der Waals surface area contributed by atoms with Gasteiger partial charge in [-0.2, -0.15) is 0 Å². The van der Waals surface area contributed by atoms with Gasteiger partial charge >= 0.3 is 0 Å². The number of ether oxygens (including phenoxy) is 2. The number of β-amino-alcohol motifs (C(OH)–C–C–N with tert-alkyl or cyclic N) is 1. The van der Waals surface area contributed by atoms with Crippen molar-refractivity contribution >= 4 is 5.91 Å². The Labute approximate surface area is 170 Å². The van der Waals surface area contributed by atoms with Crippen LogP contribution >= 0.6 is 0 Å². The van der Waals surface area contributed by atoms with Crippen LogP contribution in [0.5, 0.6) is 11.5 Å². The molecule has 3 rings (SSSR count). The molecule has 1 heterocycles. The number of carbonyl (C=O) groups is 1. The van der Waals surface area contributed by atoms with Crippen molar-refractivity contribution in [3.8, 4) is 11.5 Å². The number of aliphatic hydroxyl groups is 2. The lowest BCUT2D eigenvalue weighted by Gasteiger charge is -2.42. The molecule has 0 unspecified atom stereocenters. The van der Waals surface area contributed by atoms with E-state index in [9.17, 15) is 15.0 Å². The highest BCUT2D eigenvalue weighted by atomic mass is 16.5. The summed E-state index contributed by atoms with van der Waals surface area (Å²) in [6.45, 7) is 1.05. The maximum atomic E-state index is 12.7. The number of rotatable bonds is 7. The van der Waals surface area contributed by atoms with E-state index in [1.54, 1.807) is 37.3 Å². The first-order valence-corrected chi connectivity index (χ1v) is 9.63. The van der Waals surface area contributed by atoms with E-state index in [1.165, 1.54) is 0 Å². The van der Waals surface area contributed by atoms with Crippen LogP contribution in [0.25, 0.3) is 0 Å². The minimum Gasteiger partial charge on any atom is -0.497 e. The highest BCUT2D eigenvalue weighted by Crippen LogP contribution is 2.26. The molecule has 0 radical (unpaired) electrons. The van der Waals surface area contributed by atoms with Gasteiger partial charge in [0.1, 0.15) is 17.1 Å². The zero-order valence-electron chi connectivity index (χ0n) is 16.8. The molecule has 2 aromatic rings. The fraction of sp³-hybridized carbons (Fsp3) is 0.409. The molecule has 0 aliphatic carbocycles. The van der Waals surface area contributed by atoms with Crippen LogP contribution in [-0.4, -0.2) is 66.6 Å². The molecule has 1 aliphatic heterocycles. The van der Waals surface area contributed by atoms with E-state index >= 15 is 0 Å². The van der Waals surface area contributed by atoms with Crippen LogP contribution in [0, 0.1) is 0 Å². The normalized spacial score (nSPS) is 21.7. The molecular formula is C22H28N2O5. The largest absolute Gasteiger partial charge is 0.497 e. The molecule has 1 saturated heterocycles. The van der Waals surface area contributed by atoms with Crippen LogP contribution in [0.15, 0.2) is 48.5 Å². The van der Waals surface area contributed by atoms with Crippen LogP contribution in [0.4, 0.5) is 0 Å². The van der Waals surface area contributed by atoms with Crippen LogP contribution in [0.3, 0.4) is 0 Å². The lowest BCUT2D eigenvalue weighted by Crippen LogP contribution is -2.62. The Morgan fingerprint density at radius 2 is 1.97 bits per heavy atom. The molecule has 0 spiro atoms. The fourth-order valence-corrected chi connectivity index (χ4v) is 3.58. The van der Waals surface area contributed by atoms with Gasteiger partial charge in [0, 0.05) is 36.8 Å². The molecular weight excluding hydrogens is 372 g/mol. The highest BCUT2D eigenvalue weighted by molar-refractivity contribution is 5.94. The molecule has 0 bridgehead atoms. The predicted octanol–water partition coefficient (Wildman–Crippen LogP) is 1.43. The topological polar surface area (TPSA) is 91.3 Å². The molecule has 7 nitrogen and oxygen atoms in total. The number of carbonyl (C=O) groups excluding carboxylic acids is 1. The van der Waals surface area contributed by atoms with Crippen molar-refractivity contribution in [2.45, 2.75) is 24.7 Å². The first kappa shape index (κ1) is 21.1. The van der Waals surface area contributed by atoms with Crippen molar-refractivity contribution in [1.82, 2.24) is 10.2 Å². The number of benzene rings is 2. The van der Waals surface area contributed by atoms with Crippen molar-refractivity contribution in [3.63, 3.8) is 0 Å². The van der Waals surface area contributed by atoms with Crippen molar-refractivity contribution in [2.75, 3.05) is 33.9 Å². The summed E-state index contributed by atoms with van der Waals surface area (Å²) in [5, 5.41) is 24.6. The van der Waals surface area contributed by atoms with Gasteiger partial charge in [-0.05, 0) is 24.6 Å². The second kappa shape index (κ2) is 9.26. The van der Waals surface area contributed by atoms with Gasteiger partial charge in [-0.1, -0.05) is 24.3 Å². The number of nitrogens with zero attached hydrogens (tertiary/aromatic N) is 1. The van der Waals surface area contributed by atoms with Crippen LogP contribution in [0.1, 0.15) is 22.3 Å². The second-order valence-electron chi connectivity index (χ2n) is 7.28. The average Bonchev–Trinajstić information content (AvgIpc) is 2.76. The summed E-state index contributed by atoms with van der Waals surface area (Å²) in [5.74, 6) is 1.23. The third-order valence-electron chi connectivity index (χ3n) is 5.31. The zero-order valence-corrected chi connectivity index (χ0v) is 16.8. The number of aliphatic hydroxyl groups excluding tert-OH is 1.